The first-order valence-corrected chi connectivity index (χ1v) is 5.35. The van der Waals surface area contributed by atoms with E-state index in [1.165, 1.54) is 0 Å². The zero-order valence-electron chi connectivity index (χ0n) is 9.46. The topological polar surface area (TPSA) is 41.1 Å². The Morgan fingerprint density at radius 1 is 1.47 bits per heavy atom. The molecule has 3 heteroatoms. The molecule has 0 heterocycles. The Kier molecular flexibility index (Phi) is 8.78. The van der Waals surface area contributed by atoms with Crippen LogP contribution >= 0.6 is 0 Å². The Morgan fingerprint density at radius 3 is 2.73 bits per heavy atom. The molecule has 1 atom stereocenters. The summed E-state index contributed by atoms with van der Waals surface area (Å²) in [5.74, 6) is -0.0510. The fraction of sp³-hybridized carbons (Fsp3) is 0.500. The molecule has 2 N–H and O–H groups in total. The van der Waals surface area contributed by atoms with Crippen molar-refractivity contribution in [2.75, 3.05) is 6.54 Å². The number of unbranched alkanes of at least 4 members (excludes halogenated alkanes) is 2. The van der Waals surface area contributed by atoms with Gasteiger partial charge in [-0.1, -0.05) is 38.5 Å². The first kappa shape index (κ1) is 13.9. The fourth-order valence-corrected chi connectivity index (χ4v) is 1.05. The third kappa shape index (κ3) is 7.94. The third-order valence-electron chi connectivity index (χ3n) is 1.90. The van der Waals surface area contributed by atoms with E-state index in [2.05, 4.69) is 30.7 Å². The summed E-state index contributed by atoms with van der Waals surface area (Å²) in [6.07, 6.45) is 7.87. The minimum atomic E-state index is -0.187. The molecule has 1 unspecified atom stereocenters. The molecule has 0 fully saturated rings. The van der Waals surface area contributed by atoms with Crippen LogP contribution in [0.2, 0.25) is 0 Å². The number of hydrogen-bond acceptors (Lipinski definition) is 2. The predicted molar refractivity (Wildman–Crippen MR) is 64.2 cm³/mol. The Balaban J connectivity index is 3.69. The highest BCUT2D eigenvalue weighted by Crippen LogP contribution is 1.97. The molecule has 0 aliphatic rings. The zero-order chi connectivity index (χ0) is 11.5. The van der Waals surface area contributed by atoms with E-state index in [1.54, 1.807) is 18.6 Å². The van der Waals surface area contributed by atoms with Crippen LogP contribution in [0.1, 0.15) is 26.2 Å². The van der Waals surface area contributed by atoms with Crippen molar-refractivity contribution >= 4 is 5.91 Å². The molecule has 0 aliphatic carbocycles. The van der Waals surface area contributed by atoms with E-state index in [0.29, 0.717) is 6.54 Å². The van der Waals surface area contributed by atoms with Gasteiger partial charge < -0.3 is 5.32 Å². The summed E-state index contributed by atoms with van der Waals surface area (Å²) in [5.41, 5.74) is 0. The highest BCUT2D eigenvalue weighted by Gasteiger charge is 2.06. The molecule has 0 saturated heterocycles. The molecule has 1 amide bonds. The van der Waals surface area contributed by atoms with Crippen LogP contribution in [0.25, 0.3) is 0 Å². The van der Waals surface area contributed by atoms with E-state index in [0.717, 1.165) is 19.3 Å². The largest absolute Gasteiger partial charge is 0.337 e. The van der Waals surface area contributed by atoms with Crippen LogP contribution in [0.4, 0.5) is 0 Å². The molecule has 0 aliphatic heterocycles. The second kappa shape index (κ2) is 9.46. The summed E-state index contributed by atoms with van der Waals surface area (Å²) in [5, 5.41) is 5.84. The summed E-state index contributed by atoms with van der Waals surface area (Å²) in [6, 6.07) is 0. The van der Waals surface area contributed by atoms with Gasteiger partial charge in [0.05, 0.1) is 6.17 Å². The minimum Gasteiger partial charge on any atom is -0.337 e. The Hall–Kier alpha value is -1.09. The lowest BCUT2D eigenvalue weighted by Crippen LogP contribution is -2.44. The highest BCUT2D eigenvalue weighted by atomic mass is 16.1. The molecular weight excluding hydrogens is 188 g/mol. The molecule has 0 bridgehead atoms. The van der Waals surface area contributed by atoms with Crippen LogP contribution in [0, 0.1) is 6.42 Å². The van der Waals surface area contributed by atoms with Gasteiger partial charge in [-0.15, -0.1) is 6.58 Å². The molecule has 0 saturated carbocycles. The Bertz CT molecular complexity index is 202. The van der Waals surface area contributed by atoms with Crippen molar-refractivity contribution in [3.63, 3.8) is 0 Å². The van der Waals surface area contributed by atoms with Gasteiger partial charge >= 0.3 is 0 Å². The van der Waals surface area contributed by atoms with Gasteiger partial charge in [0, 0.05) is 13.0 Å². The molecular formula is C12H21N2O. The molecule has 1 radical (unpaired) electrons. The molecule has 0 rings (SSSR count). The van der Waals surface area contributed by atoms with Crippen LogP contribution in [0.3, 0.4) is 0 Å². The summed E-state index contributed by atoms with van der Waals surface area (Å²) in [6.45, 7) is 9.97. The molecule has 0 aromatic carbocycles. The first-order valence-electron chi connectivity index (χ1n) is 5.35. The van der Waals surface area contributed by atoms with Gasteiger partial charge in [0.25, 0.3) is 0 Å². The lowest BCUT2D eigenvalue weighted by Gasteiger charge is -2.15. The van der Waals surface area contributed by atoms with Crippen molar-refractivity contribution in [3.05, 3.63) is 31.7 Å². The maximum Gasteiger partial charge on any atom is 0.225 e. The fourth-order valence-electron chi connectivity index (χ4n) is 1.05. The number of amides is 1. The Labute approximate surface area is 92.6 Å². The van der Waals surface area contributed by atoms with Crippen LogP contribution in [0.5, 0.6) is 0 Å². The number of carbonyl (C=O) groups is 1. The summed E-state index contributed by atoms with van der Waals surface area (Å²) < 4.78 is 0. The molecule has 0 aromatic rings. The van der Waals surface area contributed by atoms with Crippen molar-refractivity contribution in [3.8, 4) is 0 Å². The summed E-state index contributed by atoms with van der Waals surface area (Å²) in [4.78, 5) is 11.4. The minimum absolute atomic E-state index is 0.0510. The standard InChI is InChI=1S/C12H21N2O/c1-4-7-8-9-12(15)14-11(6-3)13-10-5-2/h5-6,9,11,13H,2-4,7-8,10H2,1H3,(H,14,15). The van der Waals surface area contributed by atoms with Crippen molar-refractivity contribution in [2.24, 2.45) is 0 Å². The Morgan fingerprint density at radius 2 is 2.20 bits per heavy atom. The second-order valence-electron chi connectivity index (χ2n) is 3.27. The van der Waals surface area contributed by atoms with E-state index in [4.69, 9.17) is 0 Å². The van der Waals surface area contributed by atoms with Crippen molar-refractivity contribution in [1.29, 1.82) is 0 Å². The number of nitrogens with one attached hydrogen (secondary N) is 2. The SMILES string of the molecule is C=CCNC(C=C)NC(=O)[CH]CCCC. The maximum absolute atomic E-state index is 11.4. The maximum atomic E-state index is 11.4. The van der Waals surface area contributed by atoms with Crippen LogP contribution < -0.4 is 10.6 Å². The van der Waals surface area contributed by atoms with E-state index >= 15 is 0 Å². The molecule has 85 valence electrons. The van der Waals surface area contributed by atoms with E-state index < -0.39 is 0 Å². The highest BCUT2D eigenvalue weighted by molar-refractivity contribution is 5.84. The van der Waals surface area contributed by atoms with Gasteiger partial charge in [0.2, 0.25) is 5.91 Å². The van der Waals surface area contributed by atoms with Crippen LogP contribution in [-0.2, 0) is 4.79 Å². The van der Waals surface area contributed by atoms with Crippen molar-refractivity contribution < 1.29 is 4.79 Å². The zero-order valence-corrected chi connectivity index (χ0v) is 9.46. The molecule has 15 heavy (non-hydrogen) atoms. The lowest BCUT2D eigenvalue weighted by molar-refractivity contribution is -0.118. The smallest absolute Gasteiger partial charge is 0.225 e. The van der Waals surface area contributed by atoms with E-state index in [-0.39, 0.29) is 12.1 Å². The average Bonchev–Trinajstić information content (AvgIpc) is 2.24. The number of carbonyl (C=O) groups excluding carboxylic acids is 1. The quantitative estimate of drug-likeness (QED) is 0.345. The predicted octanol–water partition coefficient (Wildman–Crippen LogP) is 1.78. The third-order valence-corrected chi connectivity index (χ3v) is 1.90. The van der Waals surface area contributed by atoms with Gasteiger partial charge in [-0.2, -0.15) is 0 Å². The monoisotopic (exact) mass is 209 g/mol. The van der Waals surface area contributed by atoms with Gasteiger partial charge in [0.15, 0.2) is 0 Å². The van der Waals surface area contributed by atoms with Gasteiger partial charge in [-0.05, 0) is 6.42 Å². The number of hydrogen-bond donors (Lipinski definition) is 2. The lowest BCUT2D eigenvalue weighted by atomic mass is 10.2. The normalized spacial score (nSPS) is 11.8. The summed E-state index contributed by atoms with van der Waals surface area (Å²) in [7, 11) is 0. The van der Waals surface area contributed by atoms with Crippen LogP contribution in [0.15, 0.2) is 25.3 Å². The number of rotatable bonds is 9. The van der Waals surface area contributed by atoms with E-state index in [9.17, 15) is 4.79 Å². The molecule has 3 nitrogen and oxygen atoms in total. The average molecular weight is 209 g/mol. The first-order chi connectivity index (χ1) is 7.24. The van der Waals surface area contributed by atoms with Crippen molar-refractivity contribution in [2.45, 2.75) is 32.4 Å². The molecule has 0 aromatic heterocycles. The van der Waals surface area contributed by atoms with Gasteiger partial charge in [-0.3, -0.25) is 10.1 Å². The molecule has 0 spiro atoms. The summed E-state index contributed by atoms with van der Waals surface area (Å²) >= 11 is 0. The van der Waals surface area contributed by atoms with Crippen molar-refractivity contribution in [1.82, 2.24) is 10.6 Å². The van der Waals surface area contributed by atoms with Crippen LogP contribution in [-0.4, -0.2) is 18.6 Å². The van der Waals surface area contributed by atoms with E-state index in [1.807, 2.05) is 0 Å². The van der Waals surface area contributed by atoms with Gasteiger partial charge in [-0.25, -0.2) is 0 Å². The second-order valence-corrected chi connectivity index (χ2v) is 3.27. The van der Waals surface area contributed by atoms with Gasteiger partial charge in [0.1, 0.15) is 0 Å².